The fourth-order valence-corrected chi connectivity index (χ4v) is 4.35. The molecule has 3 aromatic heterocycles. The Labute approximate surface area is 212 Å². The van der Waals surface area contributed by atoms with Gasteiger partial charge in [0.1, 0.15) is 35.0 Å². The number of rotatable bonds is 7. The number of carbonyl (C=O) groups is 1. The number of carbonyl (C=O) groups excluding carboxylic acids is 1. The van der Waals surface area contributed by atoms with Crippen molar-refractivity contribution in [2.45, 2.75) is 25.6 Å². The Balaban J connectivity index is 1.33. The normalized spacial score (nSPS) is 16.2. The quantitative estimate of drug-likeness (QED) is 0.389. The molecule has 1 aromatic carbocycles. The number of nitrogens with zero attached hydrogens (tertiary/aromatic N) is 5. The van der Waals surface area contributed by atoms with E-state index in [-0.39, 0.29) is 12.0 Å². The number of aromatic nitrogens is 4. The number of fused-ring (bicyclic) bond motifs is 1. The second-order valence-corrected chi connectivity index (χ2v) is 8.85. The number of aliphatic hydroxyl groups is 1. The Morgan fingerprint density at radius 2 is 2.11 bits per heavy atom. The molecule has 4 aromatic rings. The molecule has 2 N–H and O–H groups in total. The van der Waals surface area contributed by atoms with Crippen LogP contribution in [0.4, 0.5) is 11.6 Å². The van der Waals surface area contributed by atoms with Crippen molar-refractivity contribution in [3.63, 3.8) is 0 Å². The average Bonchev–Trinajstić information content (AvgIpc) is 3.53. The molecular formula is C25H25ClN6O4. The van der Waals surface area contributed by atoms with Crippen LogP contribution >= 0.6 is 11.6 Å². The average molecular weight is 509 g/mol. The molecule has 36 heavy (non-hydrogen) atoms. The van der Waals surface area contributed by atoms with Crippen LogP contribution < -0.4 is 14.8 Å². The monoisotopic (exact) mass is 508 g/mol. The van der Waals surface area contributed by atoms with Crippen molar-refractivity contribution < 1.29 is 19.4 Å². The Kier molecular flexibility index (Phi) is 6.62. The van der Waals surface area contributed by atoms with E-state index in [2.05, 4.69) is 20.3 Å². The van der Waals surface area contributed by atoms with E-state index in [0.717, 1.165) is 11.3 Å². The highest BCUT2D eigenvalue weighted by atomic mass is 35.5. The van der Waals surface area contributed by atoms with Gasteiger partial charge in [0.15, 0.2) is 0 Å². The minimum absolute atomic E-state index is 0.163. The highest BCUT2D eigenvalue weighted by Gasteiger charge is 2.29. The first-order valence-corrected chi connectivity index (χ1v) is 11.8. The number of benzene rings is 1. The summed E-state index contributed by atoms with van der Waals surface area (Å²) in [7, 11) is 1.56. The van der Waals surface area contributed by atoms with Gasteiger partial charge in [0.2, 0.25) is 5.95 Å². The summed E-state index contributed by atoms with van der Waals surface area (Å²) in [5.41, 5.74) is 2.73. The van der Waals surface area contributed by atoms with Gasteiger partial charge in [-0.3, -0.25) is 9.20 Å². The Morgan fingerprint density at radius 3 is 2.92 bits per heavy atom. The zero-order valence-corrected chi connectivity index (χ0v) is 20.5. The molecule has 1 saturated heterocycles. The van der Waals surface area contributed by atoms with Crippen LogP contribution in [-0.4, -0.2) is 67.7 Å². The van der Waals surface area contributed by atoms with E-state index in [1.54, 1.807) is 30.5 Å². The number of amides is 1. The number of halogens is 1. The van der Waals surface area contributed by atoms with Gasteiger partial charge in [-0.2, -0.15) is 0 Å². The molecule has 0 aliphatic carbocycles. The van der Waals surface area contributed by atoms with Gasteiger partial charge < -0.3 is 24.8 Å². The minimum Gasteiger partial charge on any atom is -0.494 e. The molecule has 1 fully saturated rings. The highest BCUT2D eigenvalue weighted by molar-refractivity contribution is 6.32. The maximum absolute atomic E-state index is 12.0. The molecule has 1 aliphatic heterocycles. The molecule has 5 rings (SSSR count). The zero-order chi connectivity index (χ0) is 25.2. The third-order valence-corrected chi connectivity index (χ3v) is 6.22. The lowest BCUT2D eigenvalue weighted by molar-refractivity contribution is -0.138. The summed E-state index contributed by atoms with van der Waals surface area (Å²) in [6, 6.07) is 11.1. The number of nitrogens with one attached hydrogen (secondary N) is 1. The summed E-state index contributed by atoms with van der Waals surface area (Å²) < 4.78 is 13.5. The van der Waals surface area contributed by atoms with Crippen molar-refractivity contribution in [1.82, 2.24) is 24.3 Å². The molecule has 1 amide bonds. The third kappa shape index (κ3) is 4.77. The molecule has 0 radical (unpaired) electrons. The summed E-state index contributed by atoms with van der Waals surface area (Å²) in [4.78, 5) is 27.0. The summed E-state index contributed by atoms with van der Waals surface area (Å²) in [5, 5.41) is 13.1. The zero-order valence-electron chi connectivity index (χ0n) is 19.8. The van der Waals surface area contributed by atoms with E-state index in [1.165, 1.54) is 6.92 Å². The highest BCUT2D eigenvalue weighted by Crippen LogP contribution is 2.33. The van der Waals surface area contributed by atoms with Gasteiger partial charge in [-0.15, -0.1) is 0 Å². The van der Waals surface area contributed by atoms with Crippen molar-refractivity contribution in [2.75, 3.05) is 25.5 Å². The Hall–Kier alpha value is -3.89. The van der Waals surface area contributed by atoms with Gasteiger partial charge in [0.05, 0.1) is 42.5 Å². The summed E-state index contributed by atoms with van der Waals surface area (Å²) in [6.07, 6.45) is 4.67. The number of aliphatic hydroxyl groups excluding tert-OH is 1. The standard InChI is InChI=1S/C25H25ClN6O4/c1-15(33)24(34)31-10-8-17(14-31)36-16-6-7-19(21(11-16)35-2)29-25-28-12-18(26)23(30-25)20-13-27-22-5-3-4-9-32(20)22/h3-7,9,11-13,15,17,33H,8,10,14H2,1-2H3,(H,28,29,30)/t15-,17+/m0/s1. The van der Waals surface area contributed by atoms with Gasteiger partial charge in [0.25, 0.3) is 5.91 Å². The third-order valence-electron chi connectivity index (χ3n) is 5.94. The summed E-state index contributed by atoms with van der Waals surface area (Å²) >= 11 is 6.42. The number of pyridine rings is 1. The second-order valence-electron chi connectivity index (χ2n) is 8.44. The van der Waals surface area contributed by atoms with Crippen molar-refractivity contribution in [3.05, 3.63) is 60.0 Å². The number of hydrogen-bond acceptors (Lipinski definition) is 8. The molecule has 0 unspecified atom stereocenters. The van der Waals surface area contributed by atoms with Crippen LogP contribution in [0.15, 0.2) is 55.0 Å². The van der Waals surface area contributed by atoms with Gasteiger partial charge in [-0.25, -0.2) is 15.0 Å². The Bertz CT molecular complexity index is 1410. The molecule has 186 valence electrons. The lowest BCUT2D eigenvalue weighted by atomic mass is 10.2. The van der Waals surface area contributed by atoms with E-state index in [4.69, 9.17) is 21.1 Å². The van der Waals surface area contributed by atoms with Gasteiger partial charge in [0, 0.05) is 25.2 Å². The molecule has 1 aliphatic rings. The predicted molar refractivity (Wildman–Crippen MR) is 135 cm³/mol. The van der Waals surface area contributed by atoms with Crippen molar-refractivity contribution in [1.29, 1.82) is 0 Å². The van der Waals surface area contributed by atoms with Gasteiger partial charge in [-0.1, -0.05) is 17.7 Å². The van der Waals surface area contributed by atoms with Crippen LogP contribution in [0.25, 0.3) is 17.0 Å². The maximum Gasteiger partial charge on any atom is 0.251 e. The van der Waals surface area contributed by atoms with Crippen molar-refractivity contribution in [3.8, 4) is 22.9 Å². The molecule has 10 nitrogen and oxygen atoms in total. The van der Waals surface area contributed by atoms with Gasteiger partial charge in [-0.05, 0) is 31.2 Å². The number of imidazole rings is 1. The molecule has 11 heteroatoms. The molecule has 0 spiro atoms. The van der Waals surface area contributed by atoms with Crippen molar-refractivity contribution >= 4 is 34.8 Å². The number of likely N-dealkylation sites (tertiary alicyclic amines) is 1. The minimum atomic E-state index is -1.02. The predicted octanol–water partition coefficient (Wildman–Crippen LogP) is 3.56. The largest absolute Gasteiger partial charge is 0.494 e. The van der Waals surface area contributed by atoms with E-state index in [1.807, 2.05) is 40.9 Å². The Morgan fingerprint density at radius 1 is 1.25 bits per heavy atom. The number of hydrogen-bond donors (Lipinski definition) is 2. The number of ether oxygens (including phenoxy) is 2. The SMILES string of the molecule is COc1cc(O[C@@H]2CCN(C(=O)[C@H](C)O)C2)ccc1Nc1ncc(Cl)c(-c2cnc3ccccn23)n1. The van der Waals surface area contributed by atoms with Crippen molar-refractivity contribution in [2.24, 2.45) is 0 Å². The first-order valence-electron chi connectivity index (χ1n) is 11.5. The topological polar surface area (TPSA) is 114 Å². The van der Waals surface area contributed by atoms with Crippen LogP contribution in [-0.2, 0) is 4.79 Å². The van der Waals surface area contributed by atoms with Crippen LogP contribution in [0.3, 0.4) is 0 Å². The van der Waals surface area contributed by atoms with Gasteiger partial charge >= 0.3 is 0 Å². The van der Waals surface area contributed by atoms with Crippen LogP contribution in [0.1, 0.15) is 13.3 Å². The summed E-state index contributed by atoms with van der Waals surface area (Å²) in [5.74, 6) is 1.20. The van der Waals surface area contributed by atoms with E-state index >= 15 is 0 Å². The molecular weight excluding hydrogens is 484 g/mol. The first-order chi connectivity index (χ1) is 17.4. The molecule has 0 bridgehead atoms. The fourth-order valence-electron chi connectivity index (χ4n) is 4.16. The van der Waals surface area contributed by atoms with Crippen LogP contribution in [0.2, 0.25) is 5.02 Å². The fraction of sp³-hybridized carbons (Fsp3) is 0.280. The number of methoxy groups -OCH3 is 1. The molecule has 0 saturated carbocycles. The lowest BCUT2D eigenvalue weighted by Gasteiger charge is -2.19. The molecule has 2 atom stereocenters. The smallest absolute Gasteiger partial charge is 0.251 e. The maximum atomic E-state index is 12.0. The second kappa shape index (κ2) is 10.00. The van der Waals surface area contributed by atoms with Crippen LogP contribution in [0, 0.1) is 0 Å². The first kappa shape index (κ1) is 23.8. The molecule has 4 heterocycles. The number of anilines is 2. The van der Waals surface area contributed by atoms with E-state index in [0.29, 0.717) is 53.4 Å². The van der Waals surface area contributed by atoms with E-state index < -0.39 is 6.10 Å². The van der Waals surface area contributed by atoms with Crippen LogP contribution in [0.5, 0.6) is 11.5 Å². The lowest BCUT2D eigenvalue weighted by Crippen LogP contribution is -2.37. The van der Waals surface area contributed by atoms with E-state index in [9.17, 15) is 9.90 Å². The summed E-state index contributed by atoms with van der Waals surface area (Å²) in [6.45, 7) is 2.45.